The van der Waals surface area contributed by atoms with E-state index in [9.17, 15) is 9.18 Å². The van der Waals surface area contributed by atoms with Crippen LogP contribution < -0.4 is 11.1 Å². The van der Waals surface area contributed by atoms with Crippen LogP contribution in [-0.2, 0) is 4.79 Å². The number of carbonyl (C=O) groups excluding carboxylic acids is 1. The summed E-state index contributed by atoms with van der Waals surface area (Å²) in [4.78, 5) is 12.0. The van der Waals surface area contributed by atoms with E-state index in [0.29, 0.717) is 0 Å². The van der Waals surface area contributed by atoms with Crippen LogP contribution in [0.4, 0.5) is 15.8 Å². The van der Waals surface area contributed by atoms with Crippen LogP contribution in [0.1, 0.15) is 19.3 Å². The molecule has 3 rings (SSSR count). The molecule has 2 fully saturated rings. The molecule has 3 N–H and O–H groups in total. The van der Waals surface area contributed by atoms with Crippen LogP contribution in [0.3, 0.4) is 0 Å². The molecule has 0 radical (unpaired) electrons. The lowest BCUT2D eigenvalue weighted by atomic mass is 10.0. The number of nitrogens with one attached hydrogen (secondary N) is 1. The summed E-state index contributed by atoms with van der Waals surface area (Å²) >= 11 is 0. The Kier molecular flexibility index (Phi) is 2.31. The summed E-state index contributed by atoms with van der Waals surface area (Å²) in [5.41, 5.74) is 6.05. The van der Waals surface area contributed by atoms with Crippen LogP contribution in [-0.4, -0.2) is 5.91 Å². The van der Waals surface area contributed by atoms with E-state index in [0.717, 1.165) is 24.7 Å². The largest absolute Gasteiger partial charge is 0.397 e. The van der Waals surface area contributed by atoms with E-state index in [1.807, 2.05) is 0 Å². The molecule has 0 aromatic heterocycles. The highest BCUT2D eigenvalue weighted by Gasteiger charge is 2.48. The molecule has 2 saturated carbocycles. The van der Waals surface area contributed by atoms with Gasteiger partial charge in [0.1, 0.15) is 11.5 Å². The van der Waals surface area contributed by atoms with Gasteiger partial charge in [0.25, 0.3) is 0 Å². The lowest BCUT2D eigenvalue weighted by Crippen LogP contribution is -2.22. The van der Waals surface area contributed by atoms with E-state index < -0.39 is 5.82 Å². The molecule has 0 saturated heterocycles. The Morgan fingerprint density at radius 1 is 1.29 bits per heavy atom. The third-order valence-electron chi connectivity index (χ3n) is 3.91. The van der Waals surface area contributed by atoms with Gasteiger partial charge < -0.3 is 11.1 Å². The number of anilines is 2. The minimum Gasteiger partial charge on any atom is -0.397 e. The maximum Gasteiger partial charge on any atom is 0.227 e. The van der Waals surface area contributed by atoms with Gasteiger partial charge in [0, 0.05) is 5.92 Å². The van der Waals surface area contributed by atoms with Crippen molar-refractivity contribution in [3.63, 3.8) is 0 Å². The van der Waals surface area contributed by atoms with Crippen LogP contribution in [0.25, 0.3) is 0 Å². The van der Waals surface area contributed by atoms with Gasteiger partial charge in [0.05, 0.1) is 5.69 Å². The number of fused-ring (bicyclic) bond motifs is 1. The van der Waals surface area contributed by atoms with Gasteiger partial charge in [-0.1, -0.05) is 6.07 Å². The first kappa shape index (κ1) is 10.6. The fourth-order valence-corrected chi connectivity index (χ4v) is 2.83. The average molecular weight is 234 g/mol. The molecule has 17 heavy (non-hydrogen) atoms. The van der Waals surface area contributed by atoms with Crippen LogP contribution >= 0.6 is 0 Å². The fraction of sp³-hybridized carbons (Fsp3) is 0.462. The van der Waals surface area contributed by atoms with Gasteiger partial charge in [-0.25, -0.2) is 4.39 Å². The molecular formula is C13H15FN2O. The fourth-order valence-electron chi connectivity index (χ4n) is 2.83. The summed E-state index contributed by atoms with van der Waals surface area (Å²) in [7, 11) is 0. The molecule has 3 nitrogen and oxygen atoms in total. The van der Waals surface area contributed by atoms with E-state index in [-0.39, 0.29) is 23.2 Å². The Morgan fingerprint density at radius 2 is 2.00 bits per heavy atom. The van der Waals surface area contributed by atoms with Crippen molar-refractivity contribution in [2.45, 2.75) is 19.3 Å². The van der Waals surface area contributed by atoms with E-state index in [2.05, 4.69) is 5.32 Å². The van der Waals surface area contributed by atoms with Crippen molar-refractivity contribution in [3.05, 3.63) is 24.0 Å². The standard InChI is InChI=1S/C13H15FN2O/c14-10-2-1-3-11(15)12(10)16-13(17)9-5-7-4-8(7)6-9/h1-3,7-9H,4-6,15H2,(H,16,17). The third-order valence-corrected chi connectivity index (χ3v) is 3.91. The summed E-state index contributed by atoms with van der Waals surface area (Å²) < 4.78 is 13.5. The summed E-state index contributed by atoms with van der Waals surface area (Å²) in [6.07, 6.45) is 3.17. The molecule has 0 bridgehead atoms. The number of benzene rings is 1. The second kappa shape index (κ2) is 3.72. The lowest BCUT2D eigenvalue weighted by molar-refractivity contribution is -0.120. The minimum absolute atomic E-state index is 0.0396. The summed E-state index contributed by atoms with van der Waals surface area (Å²) in [5, 5.41) is 2.62. The number of hydrogen-bond donors (Lipinski definition) is 2. The number of carbonyl (C=O) groups is 1. The highest BCUT2D eigenvalue weighted by Crippen LogP contribution is 2.54. The predicted molar refractivity (Wildman–Crippen MR) is 63.8 cm³/mol. The quantitative estimate of drug-likeness (QED) is 0.772. The average Bonchev–Trinajstić information content (AvgIpc) is 2.91. The van der Waals surface area contributed by atoms with Gasteiger partial charge in [0.2, 0.25) is 5.91 Å². The van der Waals surface area contributed by atoms with E-state index in [1.54, 1.807) is 6.07 Å². The number of amides is 1. The topological polar surface area (TPSA) is 55.1 Å². The number of hydrogen-bond acceptors (Lipinski definition) is 2. The molecule has 2 aliphatic carbocycles. The first-order valence-electron chi connectivity index (χ1n) is 6.00. The summed E-state index contributed by atoms with van der Waals surface area (Å²) in [5.74, 6) is 0.959. The van der Waals surface area contributed by atoms with Crippen molar-refractivity contribution in [2.75, 3.05) is 11.1 Å². The van der Waals surface area contributed by atoms with Gasteiger partial charge >= 0.3 is 0 Å². The number of rotatable bonds is 2. The zero-order valence-corrected chi connectivity index (χ0v) is 9.45. The number of halogens is 1. The second-order valence-electron chi connectivity index (χ2n) is 5.12. The van der Waals surface area contributed by atoms with Gasteiger partial charge in [-0.2, -0.15) is 0 Å². The van der Waals surface area contributed by atoms with Crippen molar-refractivity contribution in [3.8, 4) is 0 Å². The molecule has 4 heteroatoms. The SMILES string of the molecule is Nc1cccc(F)c1NC(=O)C1CC2CC2C1. The number of para-hydroxylation sites is 1. The van der Waals surface area contributed by atoms with Gasteiger partial charge in [-0.05, 0) is 43.2 Å². The van der Waals surface area contributed by atoms with Crippen LogP contribution in [0.5, 0.6) is 0 Å². The van der Waals surface area contributed by atoms with Crippen LogP contribution in [0.15, 0.2) is 18.2 Å². The normalized spacial score (nSPS) is 29.8. The number of nitrogen functional groups attached to an aromatic ring is 1. The molecule has 1 aromatic carbocycles. The Morgan fingerprint density at radius 3 is 2.65 bits per heavy atom. The minimum atomic E-state index is -0.471. The van der Waals surface area contributed by atoms with Gasteiger partial charge in [-0.3, -0.25) is 4.79 Å². The van der Waals surface area contributed by atoms with Crippen molar-refractivity contribution < 1.29 is 9.18 Å². The van der Waals surface area contributed by atoms with Crippen molar-refractivity contribution in [1.82, 2.24) is 0 Å². The molecule has 0 heterocycles. The molecule has 90 valence electrons. The Hall–Kier alpha value is -1.58. The Labute approximate surface area is 99.2 Å². The predicted octanol–water partition coefficient (Wildman–Crippen LogP) is 2.39. The second-order valence-corrected chi connectivity index (χ2v) is 5.12. The van der Waals surface area contributed by atoms with Crippen LogP contribution in [0, 0.1) is 23.6 Å². The monoisotopic (exact) mass is 234 g/mol. The van der Waals surface area contributed by atoms with Gasteiger partial charge in [0.15, 0.2) is 0 Å². The zero-order chi connectivity index (χ0) is 12.0. The molecule has 0 spiro atoms. The number of nitrogens with two attached hydrogens (primary N) is 1. The van der Waals surface area contributed by atoms with Crippen molar-refractivity contribution in [1.29, 1.82) is 0 Å². The lowest BCUT2D eigenvalue weighted by Gasteiger charge is -2.14. The summed E-state index contributed by atoms with van der Waals surface area (Å²) in [6.45, 7) is 0. The van der Waals surface area contributed by atoms with E-state index in [1.165, 1.54) is 18.6 Å². The Bertz CT molecular complexity index is 444. The highest BCUT2D eigenvalue weighted by atomic mass is 19.1. The maximum atomic E-state index is 13.5. The Balaban J connectivity index is 1.72. The highest BCUT2D eigenvalue weighted by molar-refractivity contribution is 5.95. The molecule has 1 aromatic rings. The third kappa shape index (κ3) is 1.88. The van der Waals surface area contributed by atoms with Crippen molar-refractivity contribution in [2.24, 2.45) is 17.8 Å². The maximum absolute atomic E-state index is 13.5. The van der Waals surface area contributed by atoms with E-state index in [4.69, 9.17) is 5.73 Å². The van der Waals surface area contributed by atoms with Gasteiger partial charge in [-0.15, -0.1) is 0 Å². The smallest absolute Gasteiger partial charge is 0.227 e. The molecule has 2 unspecified atom stereocenters. The van der Waals surface area contributed by atoms with E-state index >= 15 is 0 Å². The summed E-state index contributed by atoms with van der Waals surface area (Å²) in [6, 6.07) is 4.42. The van der Waals surface area contributed by atoms with Crippen LogP contribution in [0.2, 0.25) is 0 Å². The molecule has 0 aliphatic heterocycles. The molecule has 2 atom stereocenters. The first-order chi connectivity index (χ1) is 8.15. The zero-order valence-electron chi connectivity index (χ0n) is 9.45. The molecule has 2 aliphatic rings. The first-order valence-corrected chi connectivity index (χ1v) is 6.00. The molecule has 1 amide bonds. The van der Waals surface area contributed by atoms with Crippen molar-refractivity contribution >= 4 is 17.3 Å². The molecular weight excluding hydrogens is 219 g/mol.